The molecule has 0 bridgehead atoms. The molecule has 6 nitrogen and oxygen atoms in total. The summed E-state index contributed by atoms with van der Waals surface area (Å²) in [4.78, 5) is 16.9. The van der Waals surface area contributed by atoms with Crippen molar-refractivity contribution in [2.24, 2.45) is 0 Å². The van der Waals surface area contributed by atoms with E-state index in [9.17, 15) is 4.79 Å². The first-order valence-electron chi connectivity index (χ1n) is 7.00. The minimum atomic E-state index is -0.175. The number of nitrogens with one attached hydrogen (secondary N) is 1. The fourth-order valence-electron chi connectivity index (χ4n) is 2.51. The number of rotatable bonds is 4. The topological polar surface area (TPSA) is 79.6 Å². The van der Waals surface area contributed by atoms with Crippen molar-refractivity contribution in [1.82, 2.24) is 14.6 Å². The Bertz CT molecular complexity index is 880. The number of benzene rings is 1. The third kappa shape index (κ3) is 2.37. The van der Waals surface area contributed by atoms with Crippen LogP contribution in [0.1, 0.15) is 11.3 Å². The molecule has 0 radical (unpaired) electrons. The molecule has 2 heterocycles. The Morgan fingerprint density at radius 3 is 2.91 bits per heavy atom. The van der Waals surface area contributed by atoms with E-state index in [2.05, 4.69) is 10.1 Å². The van der Waals surface area contributed by atoms with Crippen LogP contribution in [0, 0.1) is 6.92 Å². The number of aromatic amines is 1. The number of aryl methyl sites for hydroxylation is 1. The van der Waals surface area contributed by atoms with Crippen molar-refractivity contribution in [2.75, 3.05) is 13.7 Å². The Kier molecular flexibility index (Phi) is 3.68. The van der Waals surface area contributed by atoms with Crippen molar-refractivity contribution in [3.05, 3.63) is 51.9 Å². The summed E-state index contributed by atoms with van der Waals surface area (Å²) in [6.07, 6.45) is 0.300. The average Bonchev–Trinajstić information content (AvgIpc) is 2.95. The first-order chi connectivity index (χ1) is 10.6. The maximum Gasteiger partial charge on any atom is 0.276 e. The van der Waals surface area contributed by atoms with Gasteiger partial charge in [0.2, 0.25) is 0 Å². The van der Waals surface area contributed by atoms with Crippen LogP contribution in [0.5, 0.6) is 5.75 Å². The van der Waals surface area contributed by atoms with Gasteiger partial charge in [-0.2, -0.15) is 0 Å². The van der Waals surface area contributed by atoms with Crippen LogP contribution in [-0.4, -0.2) is 33.4 Å². The number of hydrogen-bond acceptors (Lipinski definition) is 4. The molecule has 0 amide bonds. The zero-order chi connectivity index (χ0) is 15.7. The molecule has 0 saturated heterocycles. The first kappa shape index (κ1) is 14.3. The summed E-state index contributed by atoms with van der Waals surface area (Å²) in [6, 6.07) is 9.39. The van der Waals surface area contributed by atoms with Gasteiger partial charge in [0, 0.05) is 35.9 Å². The molecule has 3 aromatic rings. The predicted octanol–water partition coefficient (Wildman–Crippen LogP) is 1.54. The molecule has 6 heteroatoms. The van der Waals surface area contributed by atoms with Gasteiger partial charge in [-0.15, -0.1) is 0 Å². The third-order valence-corrected chi connectivity index (χ3v) is 3.66. The molecule has 3 rings (SSSR count). The van der Waals surface area contributed by atoms with Crippen molar-refractivity contribution < 1.29 is 9.84 Å². The molecule has 114 valence electrons. The van der Waals surface area contributed by atoms with Crippen LogP contribution in [0.4, 0.5) is 0 Å². The Labute approximate surface area is 127 Å². The van der Waals surface area contributed by atoms with Gasteiger partial charge in [-0.25, -0.2) is 9.50 Å². The van der Waals surface area contributed by atoms with E-state index in [0.717, 1.165) is 17.0 Å². The molecule has 2 N–H and O–H groups in total. The molecule has 0 aliphatic carbocycles. The quantitative estimate of drug-likeness (QED) is 0.766. The maximum absolute atomic E-state index is 12.5. The number of fused-ring (bicyclic) bond motifs is 1. The van der Waals surface area contributed by atoms with E-state index in [1.165, 1.54) is 4.52 Å². The highest BCUT2D eigenvalue weighted by Crippen LogP contribution is 2.23. The largest absolute Gasteiger partial charge is 0.497 e. The van der Waals surface area contributed by atoms with Crippen molar-refractivity contribution in [3.63, 3.8) is 0 Å². The summed E-state index contributed by atoms with van der Waals surface area (Å²) in [5.41, 5.74) is 3.25. The number of aromatic nitrogens is 3. The molecule has 22 heavy (non-hydrogen) atoms. The van der Waals surface area contributed by atoms with E-state index in [1.807, 2.05) is 30.3 Å². The third-order valence-electron chi connectivity index (χ3n) is 3.66. The van der Waals surface area contributed by atoms with E-state index < -0.39 is 0 Å². The van der Waals surface area contributed by atoms with Gasteiger partial charge in [-0.05, 0) is 19.1 Å². The lowest BCUT2D eigenvalue weighted by Gasteiger charge is -2.03. The monoisotopic (exact) mass is 299 g/mol. The number of ether oxygens (including phenoxy) is 1. The Hall–Kier alpha value is -2.60. The van der Waals surface area contributed by atoms with Crippen LogP contribution in [0.15, 0.2) is 35.1 Å². The van der Waals surface area contributed by atoms with Crippen molar-refractivity contribution in [2.45, 2.75) is 13.3 Å². The molecule has 2 aromatic heterocycles. The van der Waals surface area contributed by atoms with Gasteiger partial charge in [-0.3, -0.25) is 9.89 Å². The van der Waals surface area contributed by atoms with E-state index in [0.29, 0.717) is 23.3 Å². The second-order valence-electron chi connectivity index (χ2n) is 5.05. The standard InChI is InChI=1S/C16H17N3O3/c1-10-13(6-7-20)16(21)19-15(17-10)9-14(18-19)11-4-3-5-12(8-11)22-2/h3-5,8-9,18,20H,6-7H2,1-2H3. The van der Waals surface area contributed by atoms with Crippen LogP contribution < -0.4 is 10.3 Å². The van der Waals surface area contributed by atoms with Gasteiger partial charge >= 0.3 is 0 Å². The van der Waals surface area contributed by atoms with Crippen LogP contribution in [0.3, 0.4) is 0 Å². The Morgan fingerprint density at radius 2 is 2.18 bits per heavy atom. The van der Waals surface area contributed by atoms with Gasteiger partial charge in [0.15, 0.2) is 5.65 Å². The van der Waals surface area contributed by atoms with Gasteiger partial charge in [0.25, 0.3) is 5.56 Å². The molecule has 0 aliphatic rings. The minimum Gasteiger partial charge on any atom is -0.497 e. The van der Waals surface area contributed by atoms with E-state index in [1.54, 1.807) is 14.0 Å². The zero-order valence-electron chi connectivity index (χ0n) is 12.5. The summed E-state index contributed by atoms with van der Waals surface area (Å²) in [6.45, 7) is 1.71. The number of aliphatic hydroxyl groups is 1. The van der Waals surface area contributed by atoms with E-state index in [-0.39, 0.29) is 12.2 Å². The molecule has 0 spiro atoms. The van der Waals surface area contributed by atoms with E-state index >= 15 is 0 Å². The highest BCUT2D eigenvalue weighted by atomic mass is 16.5. The normalized spacial score (nSPS) is 11.0. The average molecular weight is 299 g/mol. The fourth-order valence-corrected chi connectivity index (χ4v) is 2.51. The van der Waals surface area contributed by atoms with Crippen LogP contribution in [-0.2, 0) is 6.42 Å². The lowest BCUT2D eigenvalue weighted by molar-refractivity contribution is 0.298. The van der Waals surface area contributed by atoms with Crippen LogP contribution >= 0.6 is 0 Å². The second-order valence-corrected chi connectivity index (χ2v) is 5.05. The van der Waals surface area contributed by atoms with Gasteiger partial charge < -0.3 is 9.84 Å². The summed E-state index contributed by atoms with van der Waals surface area (Å²) in [5.74, 6) is 0.744. The number of aliphatic hydroxyl groups excluding tert-OH is 1. The Morgan fingerprint density at radius 1 is 1.36 bits per heavy atom. The summed E-state index contributed by atoms with van der Waals surface area (Å²) >= 11 is 0. The highest BCUT2D eigenvalue weighted by Gasteiger charge is 2.12. The summed E-state index contributed by atoms with van der Waals surface area (Å²) in [7, 11) is 1.61. The summed E-state index contributed by atoms with van der Waals surface area (Å²) < 4.78 is 6.63. The molecule has 0 unspecified atom stereocenters. The minimum absolute atomic E-state index is 0.0761. The van der Waals surface area contributed by atoms with Crippen LogP contribution in [0.2, 0.25) is 0 Å². The predicted molar refractivity (Wildman–Crippen MR) is 83.3 cm³/mol. The van der Waals surface area contributed by atoms with Gasteiger partial charge in [0.05, 0.1) is 12.8 Å². The smallest absolute Gasteiger partial charge is 0.276 e. The van der Waals surface area contributed by atoms with Crippen molar-refractivity contribution in [1.29, 1.82) is 0 Å². The molecular formula is C16H17N3O3. The number of nitrogens with zero attached hydrogens (tertiary/aromatic N) is 2. The number of methoxy groups -OCH3 is 1. The van der Waals surface area contributed by atoms with Crippen LogP contribution in [0.25, 0.3) is 16.9 Å². The van der Waals surface area contributed by atoms with E-state index in [4.69, 9.17) is 9.84 Å². The number of H-pyrrole nitrogens is 1. The molecular weight excluding hydrogens is 282 g/mol. The van der Waals surface area contributed by atoms with Crippen molar-refractivity contribution in [3.8, 4) is 17.0 Å². The second kappa shape index (κ2) is 5.65. The molecule has 0 saturated carbocycles. The lowest BCUT2D eigenvalue weighted by atomic mass is 10.1. The fraction of sp³-hybridized carbons (Fsp3) is 0.250. The van der Waals surface area contributed by atoms with Gasteiger partial charge in [0.1, 0.15) is 5.75 Å². The Balaban J connectivity index is 2.17. The highest BCUT2D eigenvalue weighted by molar-refractivity contribution is 5.65. The molecule has 0 atom stereocenters. The SMILES string of the molecule is COc1cccc(-c2cc3nc(C)c(CCO)c(=O)n3[nH]2)c1. The number of hydrogen-bond donors (Lipinski definition) is 2. The first-order valence-corrected chi connectivity index (χ1v) is 7.00. The zero-order valence-corrected chi connectivity index (χ0v) is 12.5. The molecule has 0 aliphatic heterocycles. The van der Waals surface area contributed by atoms with Gasteiger partial charge in [-0.1, -0.05) is 12.1 Å². The maximum atomic E-state index is 12.5. The molecule has 0 fully saturated rings. The lowest BCUT2D eigenvalue weighted by Crippen LogP contribution is -2.22. The molecule has 1 aromatic carbocycles. The summed E-state index contributed by atoms with van der Waals surface area (Å²) in [5, 5.41) is 12.1. The van der Waals surface area contributed by atoms with Crippen molar-refractivity contribution >= 4 is 5.65 Å².